The molecular formula is C12H20N4O. The van der Waals surface area contributed by atoms with Gasteiger partial charge in [0.25, 0.3) is 0 Å². The van der Waals surface area contributed by atoms with E-state index < -0.39 is 0 Å². The van der Waals surface area contributed by atoms with E-state index >= 15 is 0 Å². The Morgan fingerprint density at radius 1 is 1.41 bits per heavy atom. The second kappa shape index (κ2) is 4.74. The zero-order valence-electron chi connectivity index (χ0n) is 10.4. The van der Waals surface area contributed by atoms with Gasteiger partial charge in [-0.1, -0.05) is 5.16 Å². The van der Waals surface area contributed by atoms with Crippen LogP contribution in [0, 0.1) is 5.92 Å². The van der Waals surface area contributed by atoms with Gasteiger partial charge in [0.1, 0.15) is 0 Å². The molecule has 0 amide bonds. The fourth-order valence-corrected chi connectivity index (χ4v) is 2.54. The summed E-state index contributed by atoms with van der Waals surface area (Å²) in [6.07, 6.45) is 3.71. The highest BCUT2D eigenvalue weighted by Crippen LogP contribution is 2.38. The summed E-state index contributed by atoms with van der Waals surface area (Å²) in [6.45, 7) is 4.25. The minimum atomic E-state index is 0.562. The zero-order chi connectivity index (χ0) is 11.7. The van der Waals surface area contributed by atoms with E-state index in [0.29, 0.717) is 5.92 Å². The fourth-order valence-electron chi connectivity index (χ4n) is 2.54. The molecule has 2 fully saturated rings. The average Bonchev–Trinajstić information content (AvgIpc) is 2.92. The topological polar surface area (TPSA) is 54.2 Å². The second-order valence-electron chi connectivity index (χ2n) is 5.27. The first-order chi connectivity index (χ1) is 8.35. The first-order valence-electron chi connectivity index (χ1n) is 6.54. The lowest BCUT2D eigenvalue weighted by Crippen LogP contribution is -2.24. The molecule has 1 aliphatic carbocycles. The first-order valence-corrected chi connectivity index (χ1v) is 6.54. The Labute approximate surface area is 102 Å². The Hall–Kier alpha value is -0.940. The van der Waals surface area contributed by atoms with Crippen LogP contribution in [0.15, 0.2) is 4.52 Å². The molecule has 3 rings (SSSR count). The van der Waals surface area contributed by atoms with Gasteiger partial charge in [0, 0.05) is 12.5 Å². The van der Waals surface area contributed by atoms with Crippen LogP contribution < -0.4 is 5.32 Å². The van der Waals surface area contributed by atoms with Gasteiger partial charge >= 0.3 is 0 Å². The molecule has 0 bridgehead atoms. The van der Waals surface area contributed by atoms with Crippen LogP contribution in [0.5, 0.6) is 0 Å². The van der Waals surface area contributed by atoms with E-state index in [9.17, 15) is 0 Å². The molecule has 1 saturated heterocycles. The zero-order valence-corrected chi connectivity index (χ0v) is 10.4. The normalized spacial score (nSPS) is 25.6. The van der Waals surface area contributed by atoms with Crippen molar-refractivity contribution in [1.29, 1.82) is 0 Å². The van der Waals surface area contributed by atoms with Gasteiger partial charge in [-0.2, -0.15) is 4.98 Å². The molecular weight excluding hydrogens is 216 g/mol. The molecule has 5 heteroatoms. The van der Waals surface area contributed by atoms with Crippen molar-refractivity contribution in [3.63, 3.8) is 0 Å². The molecule has 1 N–H and O–H groups in total. The van der Waals surface area contributed by atoms with E-state index in [1.54, 1.807) is 0 Å². The molecule has 1 aromatic rings. The molecule has 0 aromatic carbocycles. The van der Waals surface area contributed by atoms with Gasteiger partial charge in [-0.15, -0.1) is 0 Å². The van der Waals surface area contributed by atoms with Gasteiger partial charge in [0.2, 0.25) is 5.89 Å². The summed E-state index contributed by atoms with van der Waals surface area (Å²) >= 11 is 0. The van der Waals surface area contributed by atoms with Crippen molar-refractivity contribution in [1.82, 2.24) is 20.4 Å². The molecule has 1 unspecified atom stereocenters. The van der Waals surface area contributed by atoms with E-state index in [4.69, 9.17) is 4.52 Å². The highest BCUT2D eigenvalue weighted by atomic mass is 16.5. The van der Waals surface area contributed by atoms with Gasteiger partial charge in [-0.05, 0) is 45.3 Å². The maximum absolute atomic E-state index is 5.27. The highest BCUT2D eigenvalue weighted by Gasteiger charge is 2.30. The smallest absolute Gasteiger partial charge is 0.229 e. The quantitative estimate of drug-likeness (QED) is 0.826. The van der Waals surface area contributed by atoms with Crippen molar-refractivity contribution in [2.24, 2.45) is 5.92 Å². The number of likely N-dealkylation sites (tertiary alicyclic amines) is 1. The highest BCUT2D eigenvalue weighted by molar-refractivity contribution is 5.01. The molecule has 1 aromatic heterocycles. The Morgan fingerprint density at radius 2 is 2.29 bits per heavy atom. The summed E-state index contributed by atoms with van der Waals surface area (Å²) in [7, 11) is 2.02. The number of hydrogen-bond acceptors (Lipinski definition) is 5. The van der Waals surface area contributed by atoms with Crippen molar-refractivity contribution in [2.45, 2.75) is 31.7 Å². The summed E-state index contributed by atoms with van der Waals surface area (Å²) in [5, 5.41) is 7.31. The van der Waals surface area contributed by atoms with Crippen molar-refractivity contribution < 1.29 is 4.52 Å². The number of aromatic nitrogens is 2. The summed E-state index contributed by atoms with van der Waals surface area (Å²) < 4.78 is 5.27. The number of rotatable bonds is 5. The summed E-state index contributed by atoms with van der Waals surface area (Å²) in [5.74, 6) is 3.05. The Morgan fingerprint density at radius 3 is 3.06 bits per heavy atom. The molecule has 2 aliphatic rings. The lowest BCUT2D eigenvalue weighted by atomic mass is 10.1. The first kappa shape index (κ1) is 11.2. The van der Waals surface area contributed by atoms with E-state index in [2.05, 4.69) is 20.4 Å². The fraction of sp³-hybridized carbons (Fsp3) is 0.833. The summed E-state index contributed by atoms with van der Waals surface area (Å²) in [5.41, 5.74) is 0. The predicted octanol–water partition coefficient (Wildman–Crippen LogP) is 0.988. The van der Waals surface area contributed by atoms with Crippen LogP contribution >= 0.6 is 0 Å². The minimum absolute atomic E-state index is 0.562. The lowest BCUT2D eigenvalue weighted by Gasteiger charge is -2.13. The lowest BCUT2D eigenvalue weighted by molar-refractivity contribution is 0.297. The maximum Gasteiger partial charge on any atom is 0.229 e. The number of hydrogen-bond donors (Lipinski definition) is 1. The van der Waals surface area contributed by atoms with Crippen LogP contribution in [0.2, 0.25) is 0 Å². The third kappa shape index (κ3) is 2.66. The molecule has 0 radical (unpaired) electrons. The van der Waals surface area contributed by atoms with E-state index in [0.717, 1.165) is 43.8 Å². The van der Waals surface area contributed by atoms with E-state index in [1.807, 2.05) is 7.05 Å². The third-order valence-corrected chi connectivity index (χ3v) is 3.64. The molecule has 1 saturated carbocycles. The molecule has 1 atom stereocenters. The van der Waals surface area contributed by atoms with E-state index in [1.165, 1.54) is 19.3 Å². The number of nitrogens with zero attached hydrogens (tertiary/aromatic N) is 3. The van der Waals surface area contributed by atoms with Gasteiger partial charge in [0.15, 0.2) is 5.82 Å². The van der Waals surface area contributed by atoms with Crippen molar-refractivity contribution in [3.8, 4) is 0 Å². The van der Waals surface area contributed by atoms with Crippen LogP contribution in [0.25, 0.3) is 0 Å². The SMILES string of the molecule is CNCC1CCN(Cc2noc(C3CC3)n2)C1. The maximum atomic E-state index is 5.27. The van der Waals surface area contributed by atoms with Crippen molar-refractivity contribution >= 4 is 0 Å². The van der Waals surface area contributed by atoms with Crippen LogP contribution in [0.3, 0.4) is 0 Å². The summed E-state index contributed by atoms with van der Waals surface area (Å²) in [4.78, 5) is 6.89. The summed E-state index contributed by atoms with van der Waals surface area (Å²) in [6, 6.07) is 0. The van der Waals surface area contributed by atoms with Gasteiger partial charge in [-0.25, -0.2) is 0 Å². The van der Waals surface area contributed by atoms with Gasteiger partial charge in [0.05, 0.1) is 6.54 Å². The predicted molar refractivity (Wildman–Crippen MR) is 63.6 cm³/mol. The van der Waals surface area contributed by atoms with Crippen LogP contribution in [-0.4, -0.2) is 41.7 Å². The third-order valence-electron chi connectivity index (χ3n) is 3.64. The second-order valence-corrected chi connectivity index (χ2v) is 5.27. The van der Waals surface area contributed by atoms with E-state index in [-0.39, 0.29) is 0 Å². The molecule has 17 heavy (non-hydrogen) atoms. The van der Waals surface area contributed by atoms with Crippen LogP contribution in [0.4, 0.5) is 0 Å². The molecule has 94 valence electrons. The van der Waals surface area contributed by atoms with Crippen LogP contribution in [-0.2, 0) is 6.54 Å². The number of nitrogens with one attached hydrogen (secondary N) is 1. The minimum Gasteiger partial charge on any atom is -0.339 e. The molecule has 2 heterocycles. The Bertz CT molecular complexity index is 374. The van der Waals surface area contributed by atoms with Crippen molar-refractivity contribution in [2.75, 3.05) is 26.7 Å². The van der Waals surface area contributed by atoms with Gasteiger partial charge < -0.3 is 9.84 Å². The average molecular weight is 236 g/mol. The Kier molecular flexibility index (Phi) is 3.11. The van der Waals surface area contributed by atoms with Gasteiger partial charge in [-0.3, -0.25) is 4.90 Å². The largest absolute Gasteiger partial charge is 0.339 e. The standard InChI is InChI=1S/C12H20N4O/c1-13-6-9-4-5-16(7-9)8-11-14-12(17-15-11)10-2-3-10/h9-10,13H,2-8H2,1H3. The molecule has 1 aliphatic heterocycles. The van der Waals surface area contributed by atoms with Crippen molar-refractivity contribution in [3.05, 3.63) is 11.7 Å². The molecule has 5 nitrogen and oxygen atoms in total. The Balaban J connectivity index is 1.52. The molecule has 0 spiro atoms. The van der Waals surface area contributed by atoms with Crippen LogP contribution in [0.1, 0.15) is 36.9 Å². The monoisotopic (exact) mass is 236 g/mol.